The summed E-state index contributed by atoms with van der Waals surface area (Å²) in [6, 6.07) is 15.9. The molecular formula is C28H27F2NO3. The number of pyridine rings is 1. The minimum Gasteiger partial charge on any atom is -0.493 e. The molecule has 0 amide bonds. The number of aliphatic hydroxyl groups excluding tert-OH is 1. The van der Waals surface area contributed by atoms with Gasteiger partial charge in [-0.1, -0.05) is 30.3 Å². The minimum absolute atomic E-state index is 0.430. The summed E-state index contributed by atoms with van der Waals surface area (Å²) in [5.41, 5.74) is 3.47. The van der Waals surface area contributed by atoms with Crippen LogP contribution in [0.2, 0.25) is 0 Å². The summed E-state index contributed by atoms with van der Waals surface area (Å²) in [5, 5.41) is 13.3. The molecule has 0 saturated carbocycles. The molecule has 6 heteroatoms. The smallest absolute Gasteiger partial charge is 0.266 e. The summed E-state index contributed by atoms with van der Waals surface area (Å²) in [5.74, 6) is 0.792. The maximum Gasteiger partial charge on any atom is 0.266 e. The lowest BCUT2D eigenvalue weighted by molar-refractivity contribution is -0.160. The number of aliphatic hydroxyl groups is 1. The van der Waals surface area contributed by atoms with Gasteiger partial charge in [0, 0.05) is 23.6 Å². The van der Waals surface area contributed by atoms with Gasteiger partial charge < -0.3 is 14.6 Å². The maximum absolute atomic E-state index is 13.7. The van der Waals surface area contributed by atoms with Crippen molar-refractivity contribution in [3.8, 4) is 16.9 Å². The Hall–Kier alpha value is -3.09. The van der Waals surface area contributed by atoms with Crippen LogP contribution in [0.1, 0.15) is 36.6 Å². The molecule has 1 atom stereocenters. The van der Waals surface area contributed by atoms with E-state index in [9.17, 15) is 13.9 Å². The average Bonchev–Trinajstić information content (AvgIpc) is 2.83. The Morgan fingerprint density at radius 2 is 1.94 bits per heavy atom. The van der Waals surface area contributed by atoms with Crippen LogP contribution < -0.4 is 4.74 Å². The number of hydrogen-bond donors (Lipinski definition) is 1. The number of nitrogens with zero attached hydrogens (tertiary/aromatic N) is 1. The molecule has 1 aromatic heterocycles. The van der Waals surface area contributed by atoms with E-state index < -0.39 is 24.7 Å². The highest BCUT2D eigenvalue weighted by Gasteiger charge is 2.35. The van der Waals surface area contributed by atoms with E-state index in [1.165, 1.54) is 19.4 Å². The zero-order valence-electron chi connectivity index (χ0n) is 19.4. The van der Waals surface area contributed by atoms with Crippen molar-refractivity contribution in [2.75, 3.05) is 13.2 Å². The van der Waals surface area contributed by atoms with E-state index in [1.54, 1.807) is 6.20 Å². The zero-order valence-corrected chi connectivity index (χ0v) is 19.4. The lowest BCUT2D eigenvalue weighted by atomic mass is 9.85. The number of rotatable bonds is 6. The van der Waals surface area contributed by atoms with Crippen LogP contribution in [0, 0.1) is 6.92 Å². The molecule has 0 fully saturated rings. The Morgan fingerprint density at radius 1 is 1.15 bits per heavy atom. The van der Waals surface area contributed by atoms with E-state index in [1.807, 2.05) is 55.5 Å². The number of fused-ring (bicyclic) bond motifs is 1. The normalized spacial score (nSPS) is 14.6. The van der Waals surface area contributed by atoms with E-state index in [-0.39, 0.29) is 0 Å². The lowest BCUT2D eigenvalue weighted by Crippen LogP contribution is -2.36. The molecule has 4 aromatic rings. The van der Waals surface area contributed by atoms with Gasteiger partial charge in [0.1, 0.15) is 17.5 Å². The molecule has 4 nitrogen and oxygen atoms in total. The Labute approximate surface area is 197 Å². The predicted molar refractivity (Wildman–Crippen MR) is 130 cm³/mol. The summed E-state index contributed by atoms with van der Waals surface area (Å²) in [6.45, 7) is 4.80. The standard InChI is InChI=1S/C28H27F2NO3/c1-16-14-18-6-4-5-7-19(18)25(23(16)22(15-32)34-28(2,3)27(29)30)20-8-9-21-24-17(11-13-33-21)10-12-31-26(20)24/h4-10,12,14,22,27,32H,11,13,15H2,1-3H3/t22-/m0/s1. The van der Waals surface area contributed by atoms with Crippen molar-refractivity contribution in [1.29, 1.82) is 0 Å². The molecule has 1 aliphatic rings. The number of halogens is 2. The van der Waals surface area contributed by atoms with Crippen molar-refractivity contribution in [3.63, 3.8) is 0 Å². The highest BCUT2D eigenvalue weighted by atomic mass is 19.3. The number of benzene rings is 3. The van der Waals surface area contributed by atoms with Gasteiger partial charge in [0.05, 0.1) is 18.7 Å². The molecule has 1 N–H and O–H groups in total. The van der Waals surface area contributed by atoms with Crippen LogP contribution in [0.3, 0.4) is 0 Å². The van der Waals surface area contributed by atoms with Crippen LogP contribution in [0.5, 0.6) is 5.75 Å². The van der Waals surface area contributed by atoms with Gasteiger partial charge in [-0.3, -0.25) is 4.98 Å². The van der Waals surface area contributed by atoms with E-state index >= 15 is 0 Å². The van der Waals surface area contributed by atoms with Crippen LogP contribution in [0.25, 0.3) is 32.8 Å². The fourth-order valence-electron chi connectivity index (χ4n) is 4.92. The van der Waals surface area contributed by atoms with Crippen molar-refractivity contribution in [2.24, 2.45) is 0 Å². The van der Waals surface area contributed by atoms with Crippen LogP contribution >= 0.6 is 0 Å². The van der Waals surface area contributed by atoms with Gasteiger partial charge in [-0.15, -0.1) is 0 Å². The third-order valence-corrected chi connectivity index (χ3v) is 6.59. The number of aromatic nitrogens is 1. The van der Waals surface area contributed by atoms with E-state index in [2.05, 4.69) is 0 Å². The Morgan fingerprint density at radius 3 is 2.71 bits per heavy atom. The fraction of sp³-hybridized carbons (Fsp3) is 0.321. The minimum atomic E-state index is -2.70. The summed E-state index contributed by atoms with van der Waals surface area (Å²) in [6.07, 6.45) is -1.05. The fourth-order valence-corrected chi connectivity index (χ4v) is 4.92. The monoisotopic (exact) mass is 463 g/mol. The van der Waals surface area contributed by atoms with Crippen LogP contribution in [-0.2, 0) is 11.2 Å². The summed E-state index contributed by atoms with van der Waals surface area (Å²) in [4.78, 5) is 4.72. The number of aryl methyl sites for hydroxylation is 1. The van der Waals surface area contributed by atoms with E-state index in [0.29, 0.717) is 12.2 Å². The molecule has 34 heavy (non-hydrogen) atoms. The van der Waals surface area contributed by atoms with Crippen molar-refractivity contribution >= 4 is 21.7 Å². The first-order chi connectivity index (χ1) is 16.3. The highest BCUT2D eigenvalue weighted by Crippen LogP contribution is 2.45. The molecule has 0 radical (unpaired) electrons. The highest BCUT2D eigenvalue weighted by molar-refractivity contribution is 6.08. The van der Waals surface area contributed by atoms with Crippen molar-refractivity contribution in [2.45, 2.75) is 45.3 Å². The predicted octanol–water partition coefficient (Wildman–Crippen LogP) is 6.39. The molecule has 2 heterocycles. The molecule has 0 saturated heterocycles. The van der Waals surface area contributed by atoms with E-state index in [4.69, 9.17) is 14.5 Å². The third kappa shape index (κ3) is 3.71. The van der Waals surface area contributed by atoms with Gasteiger partial charge >= 0.3 is 0 Å². The molecule has 0 aliphatic carbocycles. The first kappa shape index (κ1) is 22.7. The molecule has 5 rings (SSSR count). The van der Waals surface area contributed by atoms with Crippen molar-refractivity contribution < 1.29 is 23.4 Å². The van der Waals surface area contributed by atoms with Gasteiger partial charge in [-0.05, 0) is 72.0 Å². The second kappa shape index (κ2) is 8.60. The Bertz CT molecular complexity index is 1370. The maximum atomic E-state index is 13.7. The Kier molecular flexibility index (Phi) is 5.74. The van der Waals surface area contributed by atoms with Gasteiger partial charge in [-0.2, -0.15) is 0 Å². The van der Waals surface area contributed by atoms with Gasteiger partial charge in [0.2, 0.25) is 0 Å². The molecule has 1 aliphatic heterocycles. The van der Waals surface area contributed by atoms with Gasteiger partial charge in [-0.25, -0.2) is 8.78 Å². The van der Waals surface area contributed by atoms with Crippen LogP contribution in [-0.4, -0.2) is 35.3 Å². The largest absolute Gasteiger partial charge is 0.493 e. The molecule has 0 bridgehead atoms. The quantitative estimate of drug-likeness (QED) is 0.360. The second-order valence-electron chi connectivity index (χ2n) is 9.30. The van der Waals surface area contributed by atoms with Crippen molar-refractivity contribution in [3.05, 3.63) is 71.4 Å². The summed E-state index contributed by atoms with van der Waals surface area (Å²) >= 11 is 0. The molecular weight excluding hydrogens is 436 g/mol. The lowest BCUT2D eigenvalue weighted by Gasteiger charge is -2.32. The second-order valence-corrected chi connectivity index (χ2v) is 9.30. The third-order valence-electron chi connectivity index (χ3n) is 6.59. The van der Waals surface area contributed by atoms with Gasteiger partial charge in [0.25, 0.3) is 6.43 Å². The van der Waals surface area contributed by atoms with Crippen LogP contribution in [0.4, 0.5) is 8.78 Å². The van der Waals surface area contributed by atoms with Crippen LogP contribution in [0.15, 0.2) is 54.7 Å². The Balaban J connectivity index is 1.84. The molecule has 0 spiro atoms. The molecule has 0 unspecified atom stereocenters. The summed E-state index contributed by atoms with van der Waals surface area (Å²) in [7, 11) is 0. The topological polar surface area (TPSA) is 51.6 Å². The number of alkyl halides is 2. The van der Waals surface area contributed by atoms with Gasteiger partial charge in [0.15, 0.2) is 0 Å². The number of ether oxygens (including phenoxy) is 2. The first-order valence-corrected chi connectivity index (χ1v) is 11.4. The summed E-state index contributed by atoms with van der Waals surface area (Å²) < 4.78 is 39.2. The molecule has 176 valence electrons. The van der Waals surface area contributed by atoms with E-state index in [0.717, 1.165) is 50.5 Å². The number of hydrogen-bond acceptors (Lipinski definition) is 4. The SMILES string of the molecule is Cc1cc2ccccc2c(-c2ccc3c4c(ccnc24)CCO3)c1[C@H](CO)OC(C)(C)C(F)F. The van der Waals surface area contributed by atoms with Crippen molar-refractivity contribution in [1.82, 2.24) is 4.98 Å². The molecule has 3 aromatic carbocycles. The average molecular weight is 464 g/mol. The first-order valence-electron chi connectivity index (χ1n) is 11.4. The zero-order chi connectivity index (χ0) is 24.0.